The Morgan fingerprint density at radius 3 is 2.76 bits per heavy atom. The van der Waals surface area contributed by atoms with Crippen molar-refractivity contribution in [2.24, 2.45) is 5.92 Å². The molecule has 0 saturated heterocycles. The second kappa shape index (κ2) is 8.73. The van der Waals surface area contributed by atoms with Crippen LogP contribution in [0.2, 0.25) is 0 Å². The van der Waals surface area contributed by atoms with Gasteiger partial charge in [0.1, 0.15) is 11.2 Å². The number of rotatable bonds is 6. The molecule has 33 heavy (non-hydrogen) atoms. The van der Waals surface area contributed by atoms with Crippen molar-refractivity contribution in [1.82, 2.24) is 14.8 Å². The Kier molecular flexibility index (Phi) is 5.77. The molecule has 0 unspecified atom stereocenters. The van der Waals surface area contributed by atoms with Crippen LogP contribution in [0.3, 0.4) is 0 Å². The quantitative estimate of drug-likeness (QED) is 0.592. The van der Waals surface area contributed by atoms with Crippen molar-refractivity contribution >= 4 is 22.9 Å². The molecule has 1 aliphatic heterocycles. The van der Waals surface area contributed by atoms with Gasteiger partial charge in [-0.15, -0.1) is 0 Å². The maximum atomic E-state index is 13.8. The summed E-state index contributed by atoms with van der Waals surface area (Å²) >= 11 is 0. The molecule has 2 aromatic heterocycles. The number of aromatic nitrogens is 1. The number of hydrogen-bond acceptors (Lipinski definition) is 3. The monoisotopic (exact) mass is 447 g/mol. The first-order valence-corrected chi connectivity index (χ1v) is 12.2. The first-order valence-electron chi connectivity index (χ1n) is 12.2. The molecule has 2 aliphatic rings. The van der Waals surface area contributed by atoms with Crippen molar-refractivity contribution in [3.63, 3.8) is 0 Å². The Bertz CT molecular complexity index is 1150. The number of furan rings is 1. The van der Waals surface area contributed by atoms with Gasteiger partial charge in [-0.3, -0.25) is 9.59 Å². The van der Waals surface area contributed by atoms with Crippen LogP contribution in [0.5, 0.6) is 0 Å². The van der Waals surface area contributed by atoms with E-state index in [0.717, 1.165) is 37.6 Å². The van der Waals surface area contributed by atoms with E-state index < -0.39 is 5.54 Å². The van der Waals surface area contributed by atoms with Crippen LogP contribution >= 0.6 is 0 Å². The molecule has 6 nitrogen and oxygen atoms in total. The second-order valence-electron chi connectivity index (χ2n) is 9.95. The number of carbonyl (C=O) groups is 2. The average molecular weight is 448 g/mol. The number of aryl methyl sites for hydroxylation is 1. The number of amides is 2. The van der Waals surface area contributed by atoms with Crippen molar-refractivity contribution in [2.45, 2.75) is 70.5 Å². The molecule has 1 fully saturated rings. The fraction of sp³-hybridized carbons (Fsp3) is 0.481. The zero-order chi connectivity index (χ0) is 23.0. The van der Waals surface area contributed by atoms with Gasteiger partial charge in [0.25, 0.3) is 5.91 Å². The fourth-order valence-electron chi connectivity index (χ4n) is 5.56. The normalized spacial score (nSPS) is 25.3. The number of benzene rings is 1. The van der Waals surface area contributed by atoms with E-state index in [4.69, 9.17) is 4.42 Å². The van der Waals surface area contributed by atoms with Crippen LogP contribution in [0.15, 0.2) is 53.1 Å². The molecule has 5 rings (SSSR count). The fourth-order valence-corrected chi connectivity index (χ4v) is 5.56. The summed E-state index contributed by atoms with van der Waals surface area (Å²) in [5.74, 6) is 0.306. The van der Waals surface area contributed by atoms with E-state index in [0.29, 0.717) is 30.3 Å². The van der Waals surface area contributed by atoms with Crippen LogP contribution in [0.25, 0.3) is 11.1 Å². The smallest absolute Gasteiger partial charge is 0.271 e. The van der Waals surface area contributed by atoms with Gasteiger partial charge in [-0.05, 0) is 44.1 Å². The Morgan fingerprint density at radius 1 is 1.18 bits per heavy atom. The minimum atomic E-state index is -0.957. The Labute approximate surface area is 194 Å². The van der Waals surface area contributed by atoms with Crippen LogP contribution in [0.4, 0.5) is 0 Å². The zero-order valence-electron chi connectivity index (χ0n) is 19.5. The Balaban J connectivity index is 1.43. The topological polar surface area (TPSA) is 67.5 Å². The lowest BCUT2D eigenvalue weighted by atomic mass is 9.85. The van der Waals surface area contributed by atoms with Crippen molar-refractivity contribution in [2.75, 3.05) is 6.54 Å². The minimum Gasteiger partial charge on any atom is -0.463 e. The predicted octanol–water partition coefficient (Wildman–Crippen LogP) is 4.78. The largest absolute Gasteiger partial charge is 0.463 e. The molecule has 1 aliphatic carbocycles. The molecule has 1 N–H and O–H groups in total. The number of fused-ring (bicyclic) bond motifs is 3. The highest BCUT2D eigenvalue weighted by atomic mass is 16.3. The minimum absolute atomic E-state index is 0.0506. The van der Waals surface area contributed by atoms with Gasteiger partial charge in [-0.1, -0.05) is 50.1 Å². The zero-order valence-corrected chi connectivity index (χ0v) is 19.5. The molecular weight excluding hydrogens is 414 g/mol. The molecular formula is C27H33N3O3. The third kappa shape index (κ3) is 3.96. The molecule has 2 amide bonds. The van der Waals surface area contributed by atoms with Crippen LogP contribution in [0.1, 0.15) is 62.0 Å². The van der Waals surface area contributed by atoms with E-state index in [9.17, 15) is 9.59 Å². The highest BCUT2D eigenvalue weighted by molar-refractivity contribution is 6.02. The van der Waals surface area contributed by atoms with Gasteiger partial charge < -0.3 is 19.2 Å². The Hall–Kier alpha value is -3.02. The summed E-state index contributed by atoms with van der Waals surface area (Å²) in [7, 11) is 0. The lowest BCUT2D eigenvalue weighted by Crippen LogP contribution is -2.65. The van der Waals surface area contributed by atoms with Crippen LogP contribution in [-0.4, -0.2) is 39.4 Å². The molecule has 1 aromatic carbocycles. The molecule has 1 saturated carbocycles. The van der Waals surface area contributed by atoms with E-state index in [1.807, 2.05) is 41.8 Å². The lowest BCUT2D eigenvalue weighted by molar-refractivity contribution is -0.134. The number of carbonyl (C=O) groups excluding carboxylic acids is 2. The summed E-state index contributed by atoms with van der Waals surface area (Å²) in [6.45, 7) is 5.10. The third-order valence-electron chi connectivity index (χ3n) is 7.66. The van der Waals surface area contributed by atoms with Crippen molar-refractivity contribution < 1.29 is 14.0 Å². The van der Waals surface area contributed by atoms with E-state index >= 15 is 0 Å². The predicted molar refractivity (Wildman–Crippen MR) is 128 cm³/mol. The molecule has 3 aromatic rings. The van der Waals surface area contributed by atoms with E-state index in [-0.39, 0.29) is 17.9 Å². The first kappa shape index (κ1) is 21.8. The maximum absolute atomic E-state index is 13.8. The molecule has 0 bridgehead atoms. The molecule has 3 atom stereocenters. The third-order valence-corrected chi connectivity index (χ3v) is 7.66. The van der Waals surface area contributed by atoms with E-state index in [1.165, 1.54) is 12.0 Å². The van der Waals surface area contributed by atoms with E-state index in [2.05, 4.69) is 24.4 Å². The summed E-state index contributed by atoms with van der Waals surface area (Å²) in [5.41, 5.74) is 2.44. The summed E-state index contributed by atoms with van der Waals surface area (Å²) in [4.78, 5) is 29.3. The van der Waals surface area contributed by atoms with Gasteiger partial charge >= 0.3 is 0 Å². The van der Waals surface area contributed by atoms with Crippen LogP contribution in [-0.2, 0) is 17.8 Å². The Morgan fingerprint density at radius 2 is 1.97 bits per heavy atom. The van der Waals surface area contributed by atoms with Crippen molar-refractivity contribution in [3.05, 3.63) is 60.0 Å². The number of nitrogens with one attached hydrogen (secondary N) is 1. The molecule has 6 heteroatoms. The van der Waals surface area contributed by atoms with Gasteiger partial charge in [-0.25, -0.2) is 0 Å². The van der Waals surface area contributed by atoms with Crippen molar-refractivity contribution in [3.8, 4) is 0 Å². The SMILES string of the molecule is C[C@@H]1CCCC[C@@H]1NC(=O)[C@]1(C)Cn2c(cc3occc32)C(=O)N1CCCc1ccccc1. The van der Waals surface area contributed by atoms with Gasteiger partial charge in [0, 0.05) is 24.7 Å². The molecule has 3 heterocycles. The average Bonchev–Trinajstić information content (AvgIpc) is 3.41. The lowest BCUT2D eigenvalue weighted by Gasteiger charge is -2.45. The summed E-state index contributed by atoms with van der Waals surface area (Å²) < 4.78 is 7.52. The maximum Gasteiger partial charge on any atom is 0.271 e. The first-order chi connectivity index (χ1) is 16.0. The number of nitrogens with zero attached hydrogens (tertiary/aromatic N) is 2. The molecule has 174 valence electrons. The highest BCUT2D eigenvalue weighted by Crippen LogP contribution is 2.34. The summed E-state index contributed by atoms with van der Waals surface area (Å²) in [6, 6.07) is 14.1. The second-order valence-corrected chi connectivity index (χ2v) is 9.95. The van der Waals surface area contributed by atoms with Crippen LogP contribution in [0, 0.1) is 5.92 Å². The summed E-state index contributed by atoms with van der Waals surface area (Å²) in [5, 5.41) is 3.33. The number of hydrogen-bond donors (Lipinski definition) is 1. The van der Waals surface area contributed by atoms with Gasteiger partial charge in [0.05, 0.1) is 18.3 Å². The van der Waals surface area contributed by atoms with Crippen molar-refractivity contribution in [1.29, 1.82) is 0 Å². The van der Waals surface area contributed by atoms with Gasteiger partial charge in [0.2, 0.25) is 5.91 Å². The van der Waals surface area contributed by atoms with Crippen LogP contribution < -0.4 is 5.32 Å². The van der Waals surface area contributed by atoms with E-state index in [1.54, 1.807) is 11.2 Å². The van der Waals surface area contributed by atoms with Gasteiger partial charge in [-0.2, -0.15) is 0 Å². The van der Waals surface area contributed by atoms with Gasteiger partial charge in [0.15, 0.2) is 5.58 Å². The standard InChI is InChI=1S/C27H33N3O3/c1-19-9-6-7-13-21(19)28-26(32)27(2)18-29-22-14-16-33-24(22)17-23(29)25(31)30(27)15-8-12-20-10-4-3-5-11-20/h3-5,10-11,14,16-17,19,21H,6-9,12-13,15,18H2,1-2H3,(H,28,32)/t19-,21+,27+/m1/s1. The highest BCUT2D eigenvalue weighted by Gasteiger charge is 2.48. The molecule has 0 spiro atoms. The summed E-state index contributed by atoms with van der Waals surface area (Å²) in [6.07, 6.45) is 7.81. The molecule has 0 radical (unpaired) electrons.